The Bertz CT molecular complexity index is 1200. The lowest BCUT2D eigenvalue weighted by Gasteiger charge is -2.12. The van der Waals surface area contributed by atoms with E-state index in [2.05, 4.69) is 29.1 Å². The van der Waals surface area contributed by atoms with Gasteiger partial charge in [-0.15, -0.1) is 0 Å². The van der Waals surface area contributed by atoms with Gasteiger partial charge in [0.1, 0.15) is 4.90 Å². The number of amides is 1. The molecule has 0 saturated heterocycles. The molecule has 0 saturated carbocycles. The molecule has 0 atom stereocenters. The minimum Gasteiger partial charge on any atom is -0.351 e. The van der Waals surface area contributed by atoms with Crippen molar-refractivity contribution in [3.8, 4) is 0 Å². The molecule has 5 nitrogen and oxygen atoms in total. The molecule has 168 valence electrons. The van der Waals surface area contributed by atoms with Gasteiger partial charge in [-0.2, -0.15) is 11.8 Å². The van der Waals surface area contributed by atoms with Gasteiger partial charge in [-0.05, 0) is 55.3 Å². The molecule has 3 aromatic rings. The normalized spacial score (nSPS) is 11.2. The maximum absolute atomic E-state index is 12.8. The molecule has 0 spiro atoms. The Morgan fingerprint density at radius 2 is 1.72 bits per heavy atom. The van der Waals surface area contributed by atoms with E-state index in [-0.39, 0.29) is 21.4 Å². The highest BCUT2D eigenvalue weighted by atomic mass is 35.5. The Kier molecular flexibility index (Phi) is 8.23. The molecule has 0 heterocycles. The van der Waals surface area contributed by atoms with Gasteiger partial charge in [0, 0.05) is 29.3 Å². The average Bonchev–Trinajstić information content (AvgIpc) is 2.76. The minimum atomic E-state index is -3.94. The van der Waals surface area contributed by atoms with Crippen molar-refractivity contribution < 1.29 is 13.2 Å². The second-order valence-electron chi connectivity index (χ2n) is 7.35. The maximum Gasteiger partial charge on any atom is 0.263 e. The Morgan fingerprint density at radius 1 is 1.00 bits per heavy atom. The number of thioether (sulfide) groups is 1. The van der Waals surface area contributed by atoms with Gasteiger partial charge in [0.2, 0.25) is 0 Å². The summed E-state index contributed by atoms with van der Waals surface area (Å²) in [7, 11) is -3.94. The first kappa shape index (κ1) is 24.2. The van der Waals surface area contributed by atoms with Crippen LogP contribution in [0.1, 0.15) is 27.0 Å². The molecule has 0 radical (unpaired) electrons. The third kappa shape index (κ3) is 6.51. The highest BCUT2D eigenvalue weighted by Crippen LogP contribution is 2.25. The Labute approximate surface area is 198 Å². The summed E-state index contributed by atoms with van der Waals surface area (Å²) >= 11 is 7.87. The number of aryl methyl sites for hydroxylation is 2. The van der Waals surface area contributed by atoms with Crippen LogP contribution in [0.5, 0.6) is 0 Å². The maximum atomic E-state index is 12.8. The lowest BCUT2D eigenvalue weighted by molar-refractivity contribution is 0.0956. The van der Waals surface area contributed by atoms with E-state index >= 15 is 0 Å². The topological polar surface area (TPSA) is 75.3 Å². The zero-order valence-corrected chi connectivity index (χ0v) is 20.3. The van der Waals surface area contributed by atoms with Crippen molar-refractivity contribution in [2.24, 2.45) is 0 Å². The molecule has 0 aliphatic carbocycles. The van der Waals surface area contributed by atoms with E-state index < -0.39 is 10.0 Å². The van der Waals surface area contributed by atoms with E-state index in [0.29, 0.717) is 12.2 Å². The molecule has 1 amide bonds. The SMILES string of the molecule is Cc1ccc(NS(=O)(=O)c2cc(C(=O)NCCSCc3ccccc3C)ccc2Cl)cc1. The van der Waals surface area contributed by atoms with Crippen molar-refractivity contribution in [3.05, 3.63) is 94.0 Å². The third-order valence-electron chi connectivity index (χ3n) is 4.84. The highest BCUT2D eigenvalue weighted by Gasteiger charge is 2.20. The van der Waals surface area contributed by atoms with Gasteiger partial charge in [-0.25, -0.2) is 8.42 Å². The Hall–Kier alpha value is -2.48. The largest absolute Gasteiger partial charge is 0.351 e. The zero-order chi connectivity index (χ0) is 23.1. The number of nitrogens with one attached hydrogen (secondary N) is 2. The summed E-state index contributed by atoms with van der Waals surface area (Å²) in [5.41, 5.74) is 4.20. The molecule has 0 bridgehead atoms. The summed E-state index contributed by atoms with van der Waals surface area (Å²) < 4.78 is 28.1. The van der Waals surface area contributed by atoms with E-state index in [4.69, 9.17) is 11.6 Å². The standard InChI is InChI=1S/C24H25ClN2O3S2/c1-17-7-10-21(11-8-17)27-32(29,30)23-15-19(9-12-22(23)25)24(28)26-13-14-31-16-20-6-4-3-5-18(20)2/h3-12,15,27H,13-14,16H2,1-2H3,(H,26,28). The Morgan fingerprint density at radius 3 is 2.44 bits per heavy atom. The van der Waals surface area contributed by atoms with Crippen molar-refractivity contribution in [3.63, 3.8) is 0 Å². The van der Waals surface area contributed by atoms with E-state index in [1.165, 1.54) is 29.3 Å². The molecule has 0 aromatic heterocycles. The summed E-state index contributed by atoms with van der Waals surface area (Å²) in [5.74, 6) is 1.27. The van der Waals surface area contributed by atoms with E-state index in [1.54, 1.807) is 36.0 Å². The van der Waals surface area contributed by atoms with Crippen LogP contribution in [0.3, 0.4) is 0 Å². The summed E-state index contributed by atoms with van der Waals surface area (Å²) in [4.78, 5) is 12.4. The van der Waals surface area contributed by atoms with Gasteiger partial charge in [0.05, 0.1) is 5.02 Å². The highest BCUT2D eigenvalue weighted by molar-refractivity contribution is 7.98. The van der Waals surface area contributed by atoms with Crippen LogP contribution in [-0.4, -0.2) is 26.6 Å². The molecule has 8 heteroatoms. The lowest BCUT2D eigenvalue weighted by atomic mass is 10.1. The van der Waals surface area contributed by atoms with Gasteiger partial charge in [-0.1, -0.05) is 53.6 Å². The fraction of sp³-hybridized carbons (Fsp3) is 0.208. The van der Waals surface area contributed by atoms with Crippen molar-refractivity contribution in [2.75, 3.05) is 17.0 Å². The first-order valence-corrected chi connectivity index (χ1v) is 13.1. The summed E-state index contributed by atoms with van der Waals surface area (Å²) in [6, 6.07) is 19.4. The third-order valence-corrected chi connectivity index (χ3v) is 7.71. The number of rotatable bonds is 9. The van der Waals surface area contributed by atoms with Gasteiger partial charge in [0.15, 0.2) is 0 Å². The van der Waals surface area contributed by atoms with Gasteiger partial charge in [0.25, 0.3) is 15.9 Å². The quantitative estimate of drug-likeness (QED) is 0.394. The lowest BCUT2D eigenvalue weighted by Crippen LogP contribution is -2.26. The molecule has 0 aliphatic heterocycles. The predicted molar refractivity (Wildman–Crippen MR) is 133 cm³/mol. The molecule has 32 heavy (non-hydrogen) atoms. The molecular weight excluding hydrogens is 464 g/mol. The second kappa shape index (κ2) is 10.9. The van der Waals surface area contributed by atoms with E-state index in [9.17, 15) is 13.2 Å². The molecule has 0 fully saturated rings. The number of carbonyl (C=O) groups excluding carboxylic acids is 1. The van der Waals surface area contributed by atoms with Crippen LogP contribution in [0, 0.1) is 13.8 Å². The fourth-order valence-electron chi connectivity index (χ4n) is 2.98. The van der Waals surface area contributed by atoms with Crippen LogP contribution in [0.15, 0.2) is 71.6 Å². The van der Waals surface area contributed by atoms with Gasteiger partial charge >= 0.3 is 0 Å². The van der Waals surface area contributed by atoms with Crippen LogP contribution >= 0.6 is 23.4 Å². The zero-order valence-electron chi connectivity index (χ0n) is 17.9. The molecule has 3 rings (SSSR count). The second-order valence-corrected chi connectivity index (χ2v) is 10.5. The molecule has 2 N–H and O–H groups in total. The number of carbonyl (C=O) groups is 1. The molecule has 0 aliphatic rings. The number of anilines is 1. The molecule has 3 aromatic carbocycles. The van der Waals surface area contributed by atoms with Crippen LogP contribution < -0.4 is 10.0 Å². The van der Waals surface area contributed by atoms with Crippen molar-refractivity contribution >= 4 is 45.0 Å². The van der Waals surface area contributed by atoms with Crippen LogP contribution in [-0.2, 0) is 15.8 Å². The average molecular weight is 489 g/mol. The van der Waals surface area contributed by atoms with Crippen molar-refractivity contribution in [1.82, 2.24) is 5.32 Å². The number of hydrogen-bond donors (Lipinski definition) is 2. The molecule has 0 unspecified atom stereocenters. The van der Waals surface area contributed by atoms with Gasteiger partial charge in [-0.3, -0.25) is 9.52 Å². The van der Waals surface area contributed by atoms with E-state index in [1.807, 2.05) is 19.1 Å². The summed E-state index contributed by atoms with van der Waals surface area (Å²) in [6.07, 6.45) is 0. The van der Waals surface area contributed by atoms with E-state index in [0.717, 1.165) is 17.1 Å². The molecular formula is C24H25ClN2O3S2. The van der Waals surface area contributed by atoms with Crippen LogP contribution in [0.2, 0.25) is 5.02 Å². The van der Waals surface area contributed by atoms with Gasteiger partial charge < -0.3 is 5.32 Å². The van der Waals surface area contributed by atoms with Crippen molar-refractivity contribution in [2.45, 2.75) is 24.5 Å². The minimum absolute atomic E-state index is 0.0509. The monoisotopic (exact) mass is 488 g/mol. The predicted octanol–water partition coefficient (Wildman–Crippen LogP) is 5.42. The number of benzene rings is 3. The Balaban J connectivity index is 1.59. The fourth-order valence-corrected chi connectivity index (χ4v) is 5.50. The van der Waals surface area contributed by atoms with Crippen molar-refractivity contribution in [1.29, 1.82) is 0 Å². The van der Waals surface area contributed by atoms with Crippen LogP contribution in [0.25, 0.3) is 0 Å². The smallest absolute Gasteiger partial charge is 0.263 e. The number of halogens is 1. The number of hydrogen-bond acceptors (Lipinski definition) is 4. The first-order chi connectivity index (χ1) is 15.3. The number of sulfonamides is 1. The first-order valence-electron chi connectivity index (χ1n) is 10.1. The van der Waals surface area contributed by atoms with Crippen LogP contribution in [0.4, 0.5) is 5.69 Å². The summed E-state index contributed by atoms with van der Waals surface area (Å²) in [5, 5.41) is 2.89. The summed E-state index contributed by atoms with van der Waals surface area (Å²) in [6.45, 7) is 4.47.